The Kier molecular flexibility index (Phi) is 6.91. The van der Waals surface area contributed by atoms with Gasteiger partial charge in [-0.05, 0) is 53.1 Å². The molecule has 1 fully saturated rings. The molecule has 0 spiro atoms. The fourth-order valence-electron chi connectivity index (χ4n) is 2.14. The molecule has 0 aromatic carbocycles. The summed E-state index contributed by atoms with van der Waals surface area (Å²) in [6, 6.07) is 0. The lowest BCUT2D eigenvalue weighted by atomic mass is 10.1. The van der Waals surface area contributed by atoms with Crippen LogP contribution in [0.1, 0.15) is 20.3 Å². The molecule has 1 aliphatic rings. The molecule has 0 unspecified atom stereocenters. The first-order valence-corrected chi connectivity index (χ1v) is 7.66. The largest absolute Gasteiger partial charge is 0.309 e. The lowest BCUT2D eigenvalue weighted by Crippen LogP contribution is -2.59. The van der Waals surface area contributed by atoms with E-state index in [1.165, 1.54) is 16.0 Å². The van der Waals surface area contributed by atoms with Crippen LogP contribution in [0, 0.1) is 5.92 Å². The molecule has 0 N–H and O–H groups in total. The van der Waals surface area contributed by atoms with E-state index in [2.05, 4.69) is 9.89 Å². The molecule has 1 saturated heterocycles. The van der Waals surface area contributed by atoms with Crippen LogP contribution in [0.15, 0.2) is 4.99 Å². The van der Waals surface area contributed by atoms with Gasteiger partial charge in [0, 0.05) is 25.8 Å². The molecule has 118 valence electrons. The number of aliphatic imine (C=N–C) groups is 1. The molecular weight excluding hydrogens is 288 g/mol. The van der Waals surface area contributed by atoms with Gasteiger partial charge < -0.3 is 4.90 Å². The molecule has 0 aliphatic carbocycles. The molecule has 7 heteroatoms. The van der Waals surface area contributed by atoms with Gasteiger partial charge in [-0.15, -0.1) is 0 Å². The van der Waals surface area contributed by atoms with Crippen molar-refractivity contribution in [3.05, 3.63) is 0 Å². The van der Waals surface area contributed by atoms with Crippen molar-refractivity contribution in [1.82, 2.24) is 14.7 Å². The van der Waals surface area contributed by atoms with E-state index in [-0.39, 0.29) is 11.8 Å². The molecular formula is C14H24N4O2S. The Balaban J connectivity index is 2.74. The summed E-state index contributed by atoms with van der Waals surface area (Å²) in [6.07, 6.45) is 2.37. The summed E-state index contributed by atoms with van der Waals surface area (Å²) in [5.74, 6) is -1.38. The smallest absolute Gasteiger partial charge is 0.246 e. The summed E-state index contributed by atoms with van der Waals surface area (Å²) >= 11 is 5.20. The first-order valence-electron chi connectivity index (χ1n) is 7.25. The third kappa shape index (κ3) is 4.31. The average molecular weight is 312 g/mol. The molecule has 0 aromatic rings. The highest BCUT2D eigenvalue weighted by Crippen LogP contribution is 2.16. The van der Waals surface area contributed by atoms with Crippen LogP contribution in [0.3, 0.4) is 0 Å². The van der Waals surface area contributed by atoms with Gasteiger partial charge in [-0.2, -0.15) is 0 Å². The van der Waals surface area contributed by atoms with E-state index in [9.17, 15) is 9.59 Å². The molecule has 0 saturated carbocycles. The van der Waals surface area contributed by atoms with Crippen LogP contribution in [0.5, 0.6) is 0 Å². The quantitative estimate of drug-likeness (QED) is 0.299. The first-order chi connectivity index (χ1) is 9.93. The summed E-state index contributed by atoms with van der Waals surface area (Å²) in [5.41, 5.74) is 0. The Morgan fingerprint density at radius 2 is 1.71 bits per heavy atom. The molecule has 6 nitrogen and oxygen atoms in total. The second-order valence-electron chi connectivity index (χ2n) is 5.14. The lowest BCUT2D eigenvalue weighted by molar-refractivity contribution is -0.143. The van der Waals surface area contributed by atoms with E-state index in [1.807, 2.05) is 27.9 Å². The Hall–Kier alpha value is -1.34. The molecule has 1 aliphatic heterocycles. The van der Waals surface area contributed by atoms with Crippen molar-refractivity contribution in [2.45, 2.75) is 20.3 Å². The van der Waals surface area contributed by atoms with Crippen LogP contribution in [0.4, 0.5) is 0 Å². The maximum absolute atomic E-state index is 12.3. The van der Waals surface area contributed by atoms with Gasteiger partial charge in [-0.25, -0.2) is 0 Å². The summed E-state index contributed by atoms with van der Waals surface area (Å²) in [7, 11) is 3.99. The number of carbonyl (C=O) groups is 2. The number of thiocarbonyl (C=S) groups is 1. The normalized spacial score (nSPS) is 17.7. The zero-order valence-electron chi connectivity index (χ0n) is 13.2. The number of hydrogen-bond acceptors (Lipinski definition) is 5. The standard InChI is InChI=1S/C14H24N4O2S/c1-5-17-12(19)11(10-15-8-7-9-16(3)4)13(20)18(6-2)14(17)21/h10-11H,5-9H2,1-4H3. The third-order valence-corrected chi connectivity index (χ3v) is 3.75. The zero-order valence-corrected chi connectivity index (χ0v) is 14.0. The van der Waals surface area contributed by atoms with Gasteiger partial charge in [0.15, 0.2) is 11.0 Å². The molecule has 0 aromatic heterocycles. The first kappa shape index (κ1) is 17.7. The molecule has 1 heterocycles. The van der Waals surface area contributed by atoms with Gasteiger partial charge in [-0.3, -0.25) is 24.4 Å². The van der Waals surface area contributed by atoms with Gasteiger partial charge >= 0.3 is 0 Å². The minimum absolute atomic E-state index is 0.270. The van der Waals surface area contributed by atoms with Crippen LogP contribution >= 0.6 is 12.2 Å². The van der Waals surface area contributed by atoms with E-state index < -0.39 is 5.92 Å². The Bertz CT molecular complexity index is 411. The highest BCUT2D eigenvalue weighted by atomic mass is 32.1. The zero-order chi connectivity index (χ0) is 16.0. The van der Waals surface area contributed by atoms with Crippen LogP contribution in [-0.4, -0.2) is 78.1 Å². The number of nitrogens with zero attached hydrogens (tertiary/aromatic N) is 4. The van der Waals surface area contributed by atoms with Crippen LogP contribution in [0.2, 0.25) is 0 Å². The van der Waals surface area contributed by atoms with Gasteiger partial charge in [0.1, 0.15) is 0 Å². The van der Waals surface area contributed by atoms with Gasteiger partial charge in [0.25, 0.3) is 0 Å². The van der Waals surface area contributed by atoms with E-state index in [0.717, 1.165) is 13.0 Å². The van der Waals surface area contributed by atoms with E-state index in [4.69, 9.17) is 12.2 Å². The van der Waals surface area contributed by atoms with E-state index >= 15 is 0 Å². The summed E-state index contributed by atoms with van der Waals surface area (Å²) in [6.45, 7) is 6.16. The number of amides is 2. The van der Waals surface area contributed by atoms with Crippen LogP contribution in [-0.2, 0) is 9.59 Å². The monoisotopic (exact) mass is 312 g/mol. The fourth-order valence-corrected chi connectivity index (χ4v) is 2.58. The molecule has 21 heavy (non-hydrogen) atoms. The van der Waals surface area contributed by atoms with Crippen molar-refractivity contribution in [3.63, 3.8) is 0 Å². The highest BCUT2D eigenvalue weighted by molar-refractivity contribution is 7.80. The Morgan fingerprint density at radius 3 is 2.14 bits per heavy atom. The van der Waals surface area contributed by atoms with Gasteiger partial charge in [-0.1, -0.05) is 0 Å². The summed E-state index contributed by atoms with van der Waals surface area (Å²) in [4.78, 5) is 33.9. The maximum atomic E-state index is 12.3. The predicted octanol–water partition coefficient (Wildman–Crippen LogP) is 0.621. The molecule has 1 rings (SSSR count). The molecule has 0 bridgehead atoms. The third-order valence-electron chi connectivity index (χ3n) is 3.31. The van der Waals surface area contributed by atoms with E-state index in [0.29, 0.717) is 24.7 Å². The number of hydrogen-bond donors (Lipinski definition) is 0. The topological polar surface area (TPSA) is 56.2 Å². The SMILES string of the molecule is CCN1C(=O)C(C=NCCCN(C)C)C(=O)N(CC)C1=S. The minimum Gasteiger partial charge on any atom is -0.309 e. The van der Waals surface area contributed by atoms with Crippen molar-refractivity contribution in [3.8, 4) is 0 Å². The second kappa shape index (κ2) is 8.19. The summed E-state index contributed by atoms with van der Waals surface area (Å²) in [5, 5.41) is 0.298. The molecule has 2 amide bonds. The van der Waals surface area contributed by atoms with Crippen LogP contribution < -0.4 is 0 Å². The molecule has 0 atom stereocenters. The van der Waals surface area contributed by atoms with E-state index in [1.54, 1.807) is 0 Å². The number of carbonyl (C=O) groups excluding carboxylic acids is 2. The van der Waals surface area contributed by atoms with Gasteiger partial charge in [0.2, 0.25) is 11.8 Å². The highest BCUT2D eigenvalue weighted by Gasteiger charge is 2.41. The Morgan fingerprint density at radius 1 is 1.19 bits per heavy atom. The average Bonchev–Trinajstić information content (AvgIpc) is 2.42. The van der Waals surface area contributed by atoms with Crippen LogP contribution in [0.25, 0.3) is 0 Å². The predicted molar refractivity (Wildman–Crippen MR) is 87.4 cm³/mol. The van der Waals surface area contributed by atoms with Crippen molar-refractivity contribution in [1.29, 1.82) is 0 Å². The lowest BCUT2D eigenvalue weighted by Gasteiger charge is -2.37. The Labute approximate surface area is 131 Å². The van der Waals surface area contributed by atoms with Crippen molar-refractivity contribution in [2.75, 3.05) is 40.3 Å². The number of rotatable bonds is 7. The van der Waals surface area contributed by atoms with Crippen molar-refractivity contribution in [2.24, 2.45) is 10.9 Å². The fraction of sp³-hybridized carbons (Fsp3) is 0.714. The maximum Gasteiger partial charge on any atom is 0.246 e. The van der Waals surface area contributed by atoms with Crippen molar-refractivity contribution < 1.29 is 9.59 Å². The minimum atomic E-state index is -0.837. The summed E-state index contributed by atoms with van der Waals surface area (Å²) < 4.78 is 0. The second-order valence-corrected chi connectivity index (χ2v) is 5.50. The molecule has 0 radical (unpaired) electrons. The van der Waals surface area contributed by atoms with Crippen molar-refractivity contribution >= 4 is 35.4 Å². The van der Waals surface area contributed by atoms with Gasteiger partial charge in [0.05, 0.1) is 0 Å².